The molecular formula is C34H36ClN3O4. The molecule has 218 valence electrons. The Balaban J connectivity index is 1.22. The Labute approximate surface area is 251 Å². The van der Waals surface area contributed by atoms with Crippen molar-refractivity contribution in [1.82, 2.24) is 10.2 Å². The summed E-state index contributed by atoms with van der Waals surface area (Å²) >= 11 is 6.45. The molecule has 0 spiro atoms. The second-order valence-electron chi connectivity index (χ2n) is 10.9. The van der Waals surface area contributed by atoms with Crippen molar-refractivity contribution < 1.29 is 19.4 Å². The normalized spacial score (nSPS) is 18.9. The van der Waals surface area contributed by atoms with Gasteiger partial charge in [-0.2, -0.15) is 0 Å². The van der Waals surface area contributed by atoms with E-state index in [2.05, 4.69) is 70.9 Å². The minimum atomic E-state index is -1.23. The van der Waals surface area contributed by atoms with Gasteiger partial charge in [0, 0.05) is 22.7 Å². The lowest BCUT2D eigenvalue weighted by atomic mass is 9.68. The maximum atomic E-state index is 13.4. The molecule has 5 rings (SSSR count). The van der Waals surface area contributed by atoms with E-state index in [9.17, 15) is 14.7 Å². The van der Waals surface area contributed by atoms with E-state index < -0.39 is 17.9 Å². The second-order valence-corrected chi connectivity index (χ2v) is 11.3. The molecule has 42 heavy (non-hydrogen) atoms. The number of carbonyl (C=O) groups is 2. The zero-order valence-electron chi connectivity index (χ0n) is 23.7. The van der Waals surface area contributed by atoms with Crippen molar-refractivity contribution >= 4 is 23.5 Å². The van der Waals surface area contributed by atoms with Crippen molar-refractivity contribution in [3.63, 3.8) is 0 Å². The molecule has 2 aliphatic heterocycles. The Morgan fingerprint density at radius 3 is 2.10 bits per heavy atom. The van der Waals surface area contributed by atoms with E-state index in [4.69, 9.17) is 22.1 Å². The van der Waals surface area contributed by atoms with Gasteiger partial charge in [-0.25, -0.2) is 9.59 Å². The van der Waals surface area contributed by atoms with Gasteiger partial charge in [0.25, 0.3) is 0 Å². The molecule has 0 amide bonds. The van der Waals surface area contributed by atoms with Crippen LogP contribution in [0, 0.1) is 0 Å². The number of aliphatic carboxylic acids is 1. The maximum absolute atomic E-state index is 13.4. The third kappa shape index (κ3) is 5.94. The van der Waals surface area contributed by atoms with E-state index in [0.29, 0.717) is 22.7 Å². The molecule has 1 atom stereocenters. The number of allylic oxidation sites excluding steroid dienone is 1. The van der Waals surface area contributed by atoms with Crippen LogP contribution in [0.3, 0.4) is 0 Å². The maximum Gasteiger partial charge on any atom is 0.336 e. The number of carboxylic acid groups (broad SMARTS) is 1. The van der Waals surface area contributed by atoms with Crippen LogP contribution >= 0.6 is 11.6 Å². The number of piperidine rings is 1. The SMILES string of the molecule is CC1=C(C(=O)OCCCN2CCC(c3ccccc3)(c3ccccc3)CC2)C(c2ccccc2Cl)C(C(=O)O)=C(N)N1. The number of nitrogens with two attached hydrogens (primary N) is 1. The summed E-state index contributed by atoms with van der Waals surface area (Å²) in [6.07, 6.45) is 2.67. The first-order valence-corrected chi connectivity index (χ1v) is 14.7. The fourth-order valence-corrected chi connectivity index (χ4v) is 6.58. The van der Waals surface area contributed by atoms with Gasteiger partial charge in [-0.15, -0.1) is 0 Å². The number of halogens is 1. The van der Waals surface area contributed by atoms with Gasteiger partial charge in [0.15, 0.2) is 0 Å². The van der Waals surface area contributed by atoms with E-state index in [-0.39, 0.29) is 29.0 Å². The summed E-state index contributed by atoms with van der Waals surface area (Å²) in [6, 6.07) is 28.3. The highest BCUT2D eigenvalue weighted by Crippen LogP contribution is 2.42. The fraction of sp³-hybridized carbons (Fsp3) is 0.294. The van der Waals surface area contributed by atoms with Crippen molar-refractivity contribution in [1.29, 1.82) is 0 Å². The van der Waals surface area contributed by atoms with Crippen LogP contribution in [0.25, 0.3) is 0 Å². The number of likely N-dealkylation sites (tertiary alicyclic amines) is 1. The number of dihydropyridines is 1. The smallest absolute Gasteiger partial charge is 0.336 e. The Hall–Kier alpha value is -4.07. The highest BCUT2D eigenvalue weighted by molar-refractivity contribution is 6.31. The molecule has 2 heterocycles. The van der Waals surface area contributed by atoms with Crippen LogP contribution in [-0.4, -0.2) is 48.2 Å². The minimum Gasteiger partial charge on any atom is -0.478 e. The van der Waals surface area contributed by atoms with Crippen LogP contribution in [-0.2, 0) is 19.7 Å². The first-order valence-electron chi connectivity index (χ1n) is 14.3. The van der Waals surface area contributed by atoms with Crippen molar-refractivity contribution in [3.05, 3.63) is 129 Å². The topological polar surface area (TPSA) is 105 Å². The molecule has 0 bridgehead atoms. The number of rotatable bonds is 9. The lowest BCUT2D eigenvalue weighted by Gasteiger charge is -2.43. The number of benzene rings is 3. The number of hydrogen-bond donors (Lipinski definition) is 3. The lowest BCUT2D eigenvalue weighted by Crippen LogP contribution is -2.43. The zero-order chi connectivity index (χ0) is 29.7. The summed E-state index contributed by atoms with van der Waals surface area (Å²) in [7, 11) is 0. The van der Waals surface area contributed by atoms with E-state index in [1.807, 2.05) is 0 Å². The minimum absolute atomic E-state index is 0.0194. The lowest BCUT2D eigenvalue weighted by molar-refractivity contribution is -0.139. The molecule has 3 aromatic rings. The van der Waals surface area contributed by atoms with Gasteiger partial charge in [0.2, 0.25) is 0 Å². The predicted octanol–water partition coefficient (Wildman–Crippen LogP) is 5.57. The second kappa shape index (κ2) is 12.8. The fourth-order valence-electron chi connectivity index (χ4n) is 6.33. The van der Waals surface area contributed by atoms with Crippen LogP contribution in [0.4, 0.5) is 0 Å². The Morgan fingerprint density at radius 2 is 1.52 bits per heavy atom. The molecule has 4 N–H and O–H groups in total. The van der Waals surface area contributed by atoms with Crippen LogP contribution in [0.1, 0.15) is 48.8 Å². The Morgan fingerprint density at radius 1 is 0.952 bits per heavy atom. The molecule has 3 aromatic carbocycles. The predicted molar refractivity (Wildman–Crippen MR) is 164 cm³/mol. The number of hydrogen-bond acceptors (Lipinski definition) is 6. The van der Waals surface area contributed by atoms with E-state index in [1.54, 1.807) is 31.2 Å². The highest BCUT2D eigenvalue weighted by atomic mass is 35.5. The Kier molecular flexibility index (Phi) is 9.00. The van der Waals surface area contributed by atoms with Gasteiger partial charge < -0.3 is 25.8 Å². The van der Waals surface area contributed by atoms with Crippen molar-refractivity contribution in [2.45, 2.75) is 37.5 Å². The summed E-state index contributed by atoms with van der Waals surface area (Å²) in [6.45, 7) is 4.57. The number of nitrogens with zero attached hydrogens (tertiary/aromatic N) is 1. The number of nitrogens with one attached hydrogen (secondary N) is 1. The van der Waals surface area contributed by atoms with E-state index >= 15 is 0 Å². The number of esters is 1. The van der Waals surface area contributed by atoms with Gasteiger partial charge in [0.05, 0.1) is 23.7 Å². The number of carboxylic acids is 1. The summed E-state index contributed by atoms with van der Waals surface area (Å²) in [5.41, 5.74) is 9.73. The van der Waals surface area contributed by atoms with Gasteiger partial charge >= 0.3 is 11.9 Å². The molecule has 0 radical (unpaired) electrons. The van der Waals surface area contributed by atoms with E-state index in [0.717, 1.165) is 32.5 Å². The van der Waals surface area contributed by atoms with Crippen LogP contribution in [0.2, 0.25) is 5.02 Å². The van der Waals surface area contributed by atoms with Crippen LogP contribution < -0.4 is 11.1 Å². The number of ether oxygens (including phenoxy) is 1. The van der Waals surface area contributed by atoms with Gasteiger partial charge in [-0.3, -0.25) is 0 Å². The molecule has 1 saturated heterocycles. The summed E-state index contributed by atoms with van der Waals surface area (Å²) < 4.78 is 5.71. The first-order chi connectivity index (χ1) is 20.3. The third-order valence-electron chi connectivity index (χ3n) is 8.47. The molecule has 0 aliphatic carbocycles. The highest BCUT2D eigenvalue weighted by Gasteiger charge is 2.39. The molecule has 2 aliphatic rings. The molecular weight excluding hydrogens is 550 g/mol. The van der Waals surface area contributed by atoms with Crippen molar-refractivity contribution in [2.75, 3.05) is 26.2 Å². The van der Waals surface area contributed by atoms with Crippen LogP contribution in [0.15, 0.2) is 108 Å². The summed E-state index contributed by atoms with van der Waals surface area (Å²) in [4.78, 5) is 28.0. The monoisotopic (exact) mass is 585 g/mol. The Bertz CT molecular complexity index is 1450. The first kappa shape index (κ1) is 29.4. The van der Waals surface area contributed by atoms with Crippen molar-refractivity contribution in [2.24, 2.45) is 5.73 Å². The van der Waals surface area contributed by atoms with Crippen LogP contribution in [0.5, 0.6) is 0 Å². The van der Waals surface area contributed by atoms with Gasteiger partial charge in [0.1, 0.15) is 5.82 Å². The molecule has 7 nitrogen and oxygen atoms in total. The zero-order valence-corrected chi connectivity index (χ0v) is 24.4. The third-order valence-corrected chi connectivity index (χ3v) is 8.82. The number of carbonyl (C=O) groups excluding carboxylic acids is 1. The van der Waals surface area contributed by atoms with Crippen molar-refractivity contribution in [3.8, 4) is 0 Å². The molecule has 1 fully saturated rings. The molecule has 8 heteroatoms. The summed E-state index contributed by atoms with van der Waals surface area (Å²) in [5, 5.41) is 13.1. The average molecular weight is 586 g/mol. The van der Waals surface area contributed by atoms with E-state index in [1.165, 1.54) is 11.1 Å². The molecule has 0 saturated carbocycles. The van der Waals surface area contributed by atoms with Gasteiger partial charge in [-0.05, 0) is 62.0 Å². The summed E-state index contributed by atoms with van der Waals surface area (Å²) in [5.74, 6) is -2.78. The average Bonchev–Trinajstić information content (AvgIpc) is 3.00. The molecule has 1 unspecified atom stereocenters. The molecule has 0 aromatic heterocycles. The van der Waals surface area contributed by atoms with Gasteiger partial charge in [-0.1, -0.05) is 90.5 Å². The quantitative estimate of drug-likeness (QED) is 0.223. The largest absolute Gasteiger partial charge is 0.478 e. The standard InChI is InChI=1S/C34H36ClN3O4/c1-23-28(29(26-15-8-9-16-27(26)35)30(32(39)40)31(36)37-23)33(41)42-22-10-19-38-20-17-34(18-21-38,24-11-4-2-5-12-24)25-13-6-3-7-14-25/h2-9,11-16,29,37H,10,17-22,36H2,1H3,(H,39,40).